The van der Waals surface area contributed by atoms with E-state index in [4.69, 9.17) is 28.4 Å². The minimum absolute atomic E-state index is 0.275. The molecule has 0 aliphatic heterocycles. The number of halogens is 2. The second kappa shape index (κ2) is 4.46. The van der Waals surface area contributed by atoms with Gasteiger partial charge in [-0.1, -0.05) is 34.2 Å². The van der Waals surface area contributed by atoms with E-state index in [9.17, 15) is 8.42 Å². The molecule has 0 heterocycles. The van der Waals surface area contributed by atoms with Crippen molar-refractivity contribution >= 4 is 33.2 Å². The maximum Gasteiger partial charge on any atom is 0.237 e. The first kappa shape index (κ1) is 11.7. The van der Waals surface area contributed by atoms with E-state index in [1.165, 1.54) is 23.1 Å². The van der Waals surface area contributed by atoms with Crippen LogP contribution in [-0.4, -0.2) is 13.6 Å². The Labute approximate surface area is 91.5 Å². The Morgan fingerprint density at radius 1 is 1.29 bits per heavy atom. The van der Waals surface area contributed by atoms with Crippen molar-refractivity contribution in [2.75, 3.05) is 0 Å². The standard InChI is InChI=1S/C7H7Cl2NO3S/c8-6-2-1-5(3-7(6)9)4-14(12,13)10-11/h1-3,10-11H,4H2. The predicted molar refractivity (Wildman–Crippen MR) is 54.0 cm³/mol. The van der Waals surface area contributed by atoms with Crippen LogP contribution in [0.2, 0.25) is 10.0 Å². The predicted octanol–water partition coefficient (Wildman–Crippen LogP) is 1.80. The van der Waals surface area contributed by atoms with E-state index >= 15 is 0 Å². The average Bonchev–Trinajstić information content (AvgIpc) is 2.11. The highest BCUT2D eigenvalue weighted by Gasteiger charge is 2.10. The van der Waals surface area contributed by atoms with Crippen molar-refractivity contribution in [2.24, 2.45) is 0 Å². The Kier molecular flexibility index (Phi) is 3.74. The molecule has 0 saturated heterocycles. The van der Waals surface area contributed by atoms with Crippen molar-refractivity contribution in [2.45, 2.75) is 5.75 Å². The molecule has 4 nitrogen and oxygen atoms in total. The van der Waals surface area contributed by atoms with Crippen LogP contribution in [0, 0.1) is 0 Å². The molecule has 0 aliphatic rings. The first-order valence-corrected chi connectivity index (χ1v) is 5.93. The molecule has 0 amide bonds. The van der Waals surface area contributed by atoms with Crippen LogP contribution in [0.1, 0.15) is 5.56 Å². The number of rotatable bonds is 3. The van der Waals surface area contributed by atoms with E-state index < -0.39 is 10.0 Å². The summed E-state index contributed by atoms with van der Waals surface area (Å²) in [6, 6.07) is 4.44. The highest BCUT2D eigenvalue weighted by Crippen LogP contribution is 2.23. The topological polar surface area (TPSA) is 66.4 Å². The van der Waals surface area contributed by atoms with Gasteiger partial charge < -0.3 is 5.21 Å². The summed E-state index contributed by atoms with van der Waals surface area (Å²) in [7, 11) is -3.70. The van der Waals surface area contributed by atoms with Gasteiger partial charge in [-0.2, -0.15) is 0 Å². The highest BCUT2D eigenvalue weighted by atomic mass is 35.5. The molecule has 14 heavy (non-hydrogen) atoms. The minimum atomic E-state index is -3.70. The first-order valence-electron chi connectivity index (χ1n) is 3.52. The normalized spacial score (nSPS) is 11.6. The summed E-state index contributed by atoms with van der Waals surface area (Å²) >= 11 is 11.3. The molecule has 78 valence electrons. The number of hydrogen-bond donors (Lipinski definition) is 2. The number of sulfonamides is 1. The molecule has 0 atom stereocenters. The number of nitrogens with one attached hydrogen (secondary N) is 1. The zero-order valence-corrected chi connectivity index (χ0v) is 9.20. The van der Waals surface area contributed by atoms with E-state index in [1.54, 1.807) is 0 Å². The third kappa shape index (κ3) is 3.11. The van der Waals surface area contributed by atoms with Gasteiger partial charge in [0.05, 0.1) is 15.8 Å². The van der Waals surface area contributed by atoms with E-state index in [2.05, 4.69) is 0 Å². The molecule has 1 rings (SSSR count). The Morgan fingerprint density at radius 2 is 1.93 bits per heavy atom. The molecule has 2 N–H and O–H groups in total. The Hall–Kier alpha value is -0.330. The van der Waals surface area contributed by atoms with Gasteiger partial charge in [0.1, 0.15) is 0 Å². The summed E-state index contributed by atoms with van der Waals surface area (Å²) in [5.41, 5.74) is 0.445. The fourth-order valence-corrected chi connectivity index (χ4v) is 1.88. The smallest absolute Gasteiger partial charge is 0.237 e. The second-order valence-electron chi connectivity index (χ2n) is 2.60. The van der Waals surface area contributed by atoms with E-state index in [0.29, 0.717) is 10.6 Å². The fourth-order valence-electron chi connectivity index (χ4n) is 0.881. The lowest BCUT2D eigenvalue weighted by Gasteiger charge is -2.02. The maximum absolute atomic E-state index is 10.9. The van der Waals surface area contributed by atoms with Gasteiger partial charge in [-0.25, -0.2) is 8.42 Å². The van der Waals surface area contributed by atoms with Gasteiger partial charge in [0.25, 0.3) is 0 Å². The van der Waals surface area contributed by atoms with Gasteiger partial charge >= 0.3 is 0 Å². The second-order valence-corrected chi connectivity index (χ2v) is 5.11. The summed E-state index contributed by atoms with van der Waals surface area (Å²) in [6.07, 6.45) is 0. The third-order valence-corrected chi connectivity index (χ3v) is 3.21. The lowest BCUT2D eigenvalue weighted by atomic mass is 10.2. The molecule has 1 aromatic rings. The molecule has 0 radical (unpaired) electrons. The minimum Gasteiger partial charge on any atom is -0.302 e. The molecule has 0 unspecified atom stereocenters. The van der Waals surface area contributed by atoms with Crippen LogP contribution in [0.15, 0.2) is 18.2 Å². The SMILES string of the molecule is O=S(=O)(Cc1ccc(Cl)c(Cl)c1)NO. The molecule has 0 bridgehead atoms. The molecule has 0 fully saturated rings. The largest absolute Gasteiger partial charge is 0.302 e. The van der Waals surface area contributed by atoms with Gasteiger partial charge in [-0.05, 0) is 17.7 Å². The molecule has 0 saturated carbocycles. The summed E-state index contributed by atoms with van der Waals surface area (Å²) < 4.78 is 21.9. The summed E-state index contributed by atoms with van der Waals surface area (Å²) in [4.78, 5) is 1.22. The van der Waals surface area contributed by atoms with Gasteiger partial charge in [-0.15, -0.1) is 0 Å². The van der Waals surface area contributed by atoms with Gasteiger partial charge in [0.15, 0.2) is 0 Å². The molecule has 7 heteroatoms. The summed E-state index contributed by atoms with van der Waals surface area (Å²) in [5.74, 6) is -0.347. The van der Waals surface area contributed by atoms with Crippen molar-refractivity contribution in [3.63, 3.8) is 0 Å². The van der Waals surface area contributed by atoms with Crippen LogP contribution in [0.4, 0.5) is 0 Å². The van der Waals surface area contributed by atoms with Crippen LogP contribution in [0.25, 0.3) is 0 Å². The average molecular weight is 256 g/mol. The van der Waals surface area contributed by atoms with Crippen molar-refractivity contribution in [1.82, 2.24) is 4.89 Å². The van der Waals surface area contributed by atoms with Gasteiger partial charge in [-0.3, -0.25) is 0 Å². The zero-order valence-electron chi connectivity index (χ0n) is 6.87. The van der Waals surface area contributed by atoms with Gasteiger partial charge in [0.2, 0.25) is 10.0 Å². The third-order valence-electron chi connectivity index (χ3n) is 1.48. The van der Waals surface area contributed by atoms with Crippen LogP contribution >= 0.6 is 23.2 Å². The van der Waals surface area contributed by atoms with Crippen molar-refractivity contribution < 1.29 is 13.6 Å². The lowest BCUT2D eigenvalue weighted by molar-refractivity contribution is 0.242. The van der Waals surface area contributed by atoms with Crippen molar-refractivity contribution in [3.05, 3.63) is 33.8 Å². The molecule has 1 aromatic carbocycles. The Bertz CT molecular complexity index is 433. The van der Waals surface area contributed by atoms with Crippen LogP contribution in [-0.2, 0) is 15.8 Å². The van der Waals surface area contributed by atoms with Crippen LogP contribution in [0.5, 0.6) is 0 Å². The van der Waals surface area contributed by atoms with E-state index in [-0.39, 0.29) is 10.8 Å². The summed E-state index contributed by atoms with van der Waals surface area (Å²) in [6.45, 7) is 0. The molecule has 0 aliphatic carbocycles. The first-order chi connectivity index (χ1) is 6.44. The quantitative estimate of drug-likeness (QED) is 0.810. The molecule has 0 aromatic heterocycles. The Balaban J connectivity index is 2.94. The van der Waals surface area contributed by atoms with Gasteiger partial charge in [0, 0.05) is 0 Å². The van der Waals surface area contributed by atoms with E-state index in [1.807, 2.05) is 0 Å². The fraction of sp³-hybridized carbons (Fsp3) is 0.143. The molecular weight excluding hydrogens is 249 g/mol. The molecular formula is C7H7Cl2NO3S. The van der Waals surface area contributed by atoms with E-state index in [0.717, 1.165) is 0 Å². The lowest BCUT2D eigenvalue weighted by Crippen LogP contribution is -2.21. The Morgan fingerprint density at radius 3 is 2.43 bits per heavy atom. The highest BCUT2D eigenvalue weighted by molar-refractivity contribution is 7.88. The van der Waals surface area contributed by atoms with Crippen molar-refractivity contribution in [1.29, 1.82) is 0 Å². The van der Waals surface area contributed by atoms with Crippen molar-refractivity contribution in [3.8, 4) is 0 Å². The maximum atomic E-state index is 10.9. The molecule has 0 spiro atoms. The number of benzene rings is 1. The zero-order chi connectivity index (χ0) is 10.8. The number of hydrogen-bond acceptors (Lipinski definition) is 3. The summed E-state index contributed by atoms with van der Waals surface area (Å²) in [5, 5.41) is 8.91. The monoisotopic (exact) mass is 255 g/mol. The van der Waals surface area contributed by atoms with Crippen LogP contribution in [0.3, 0.4) is 0 Å². The van der Waals surface area contributed by atoms with Crippen LogP contribution < -0.4 is 4.89 Å².